The van der Waals surface area contributed by atoms with Crippen LogP contribution in [-0.4, -0.2) is 38.4 Å². The van der Waals surface area contributed by atoms with E-state index in [1.54, 1.807) is 19.2 Å². The number of amides is 1. The van der Waals surface area contributed by atoms with Gasteiger partial charge < -0.3 is 10.2 Å². The van der Waals surface area contributed by atoms with E-state index in [4.69, 9.17) is 4.84 Å². The number of oxime groups is 1. The highest BCUT2D eigenvalue weighted by Crippen LogP contribution is 2.08. The fourth-order valence-electron chi connectivity index (χ4n) is 2.12. The second-order valence-electron chi connectivity index (χ2n) is 5.12. The van der Waals surface area contributed by atoms with Gasteiger partial charge in [-0.05, 0) is 22.6 Å². The van der Waals surface area contributed by atoms with Crippen molar-refractivity contribution >= 4 is 17.3 Å². The molecule has 0 saturated heterocycles. The van der Waals surface area contributed by atoms with Gasteiger partial charge >= 0.3 is 0 Å². The quantitative estimate of drug-likeness (QED) is 0.545. The number of nitrogens with zero attached hydrogens (tertiary/aromatic N) is 5. The highest BCUT2D eigenvalue weighted by atomic mass is 16.6. The number of carbonyl (C=O) groups is 1. The minimum absolute atomic E-state index is 0.226. The zero-order valence-corrected chi connectivity index (χ0v) is 13.5. The molecule has 1 aromatic heterocycles. The number of carbonyl (C=O) groups excluding carboxylic acids is 1. The van der Waals surface area contributed by atoms with Crippen LogP contribution in [0.25, 0.3) is 0 Å². The van der Waals surface area contributed by atoms with Gasteiger partial charge in [0.2, 0.25) is 5.82 Å². The number of benzene rings is 2. The number of hydrogen-bond acceptors (Lipinski definition) is 6. The maximum atomic E-state index is 11.9. The van der Waals surface area contributed by atoms with E-state index in [1.165, 1.54) is 4.68 Å². The number of rotatable bonds is 6. The van der Waals surface area contributed by atoms with Crippen molar-refractivity contribution in [3.63, 3.8) is 0 Å². The number of hydrogen-bond donors (Lipinski definition) is 1. The molecule has 3 rings (SSSR count). The molecule has 0 saturated carbocycles. The topological polar surface area (TPSA) is 94.3 Å². The van der Waals surface area contributed by atoms with Gasteiger partial charge in [-0.3, -0.25) is 4.79 Å². The third kappa shape index (κ3) is 4.25. The molecule has 0 aliphatic carbocycles. The van der Waals surface area contributed by atoms with Crippen molar-refractivity contribution in [2.45, 2.75) is 0 Å². The van der Waals surface area contributed by atoms with Crippen LogP contribution in [-0.2, 0) is 16.7 Å². The Morgan fingerprint density at radius 1 is 1.12 bits per heavy atom. The Balaban J connectivity index is 1.71. The van der Waals surface area contributed by atoms with Gasteiger partial charge in [-0.25, -0.2) is 4.68 Å². The van der Waals surface area contributed by atoms with Gasteiger partial charge in [-0.15, -0.1) is 5.10 Å². The molecule has 126 valence electrons. The summed E-state index contributed by atoms with van der Waals surface area (Å²) in [7, 11) is 1.70. The lowest BCUT2D eigenvalue weighted by Gasteiger charge is -2.06. The molecule has 0 radical (unpaired) electrons. The van der Waals surface area contributed by atoms with Gasteiger partial charge in [-0.1, -0.05) is 53.7 Å². The molecule has 0 unspecified atom stereocenters. The van der Waals surface area contributed by atoms with Crippen LogP contribution in [0.15, 0.2) is 65.8 Å². The summed E-state index contributed by atoms with van der Waals surface area (Å²) in [5, 5.41) is 18.2. The summed E-state index contributed by atoms with van der Waals surface area (Å²) in [5.74, 6) is 0.133. The normalized spacial score (nSPS) is 11.2. The van der Waals surface area contributed by atoms with Crippen LogP contribution in [0, 0.1) is 0 Å². The first kappa shape index (κ1) is 16.3. The minimum atomic E-state index is -0.307. The molecule has 0 aliphatic heterocycles. The Kier molecular flexibility index (Phi) is 5.10. The lowest BCUT2D eigenvalue weighted by Crippen LogP contribution is -2.18. The molecule has 0 spiro atoms. The van der Waals surface area contributed by atoms with Crippen molar-refractivity contribution < 1.29 is 9.63 Å². The van der Waals surface area contributed by atoms with E-state index >= 15 is 0 Å². The van der Waals surface area contributed by atoms with Crippen LogP contribution in [0.3, 0.4) is 0 Å². The van der Waals surface area contributed by atoms with Crippen LogP contribution in [0.4, 0.5) is 5.69 Å². The first-order valence-electron chi connectivity index (χ1n) is 7.57. The summed E-state index contributed by atoms with van der Waals surface area (Å²) in [6.07, 6.45) is 0. The second-order valence-corrected chi connectivity index (χ2v) is 5.12. The lowest BCUT2D eigenvalue weighted by molar-refractivity contribution is -0.120. The van der Waals surface area contributed by atoms with E-state index in [0.717, 1.165) is 5.56 Å². The van der Waals surface area contributed by atoms with Crippen molar-refractivity contribution in [2.75, 3.05) is 11.9 Å². The molecule has 1 heterocycles. The highest BCUT2D eigenvalue weighted by Gasteiger charge is 2.15. The largest absolute Gasteiger partial charge is 0.385 e. The Morgan fingerprint density at radius 3 is 2.44 bits per heavy atom. The van der Waals surface area contributed by atoms with Gasteiger partial charge in [0.05, 0.1) is 0 Å². The molecule has 1 N–H and O–H groups in total. The third-order valence-electron chi connectivity index (χ3n) is 3.29. The van der Waals surface area contributed by atoms with E-state index in [2.05, 4.69) is 26.0 Å². The molecule has 8 nitrogen and oxygen atoms in total. The van der Waals surface area contributed by atoms with Gasteiger partial charge in [0, 0.05) is 18.3 Å². The molecule has 0 fully saturated rings. The number of anilines is 1. The first-order valence-corrected chi connectivity index (χ1v) is 7.57. The summed E-state index contributed by atoms with van der Waals surface area (Å²) in [4.78, 5) is 17.2. The van der Waals surface area contributed by atoms with Gasteiger partial charge in [0.15, 0.2) is 12.3 Å². The number of aryl methyl sites for hydroxylation is 1. The molecular weight excluding hydrogens is 320 g/mol. The van der Waals surface area contributed by atoms with Gasteiger partial charge in [0.25, 0.3) is 5.91 Å². The fourth-order valence-corrected chi connectivity index (χ4v) is 2.12. The van der Waals surface area contributed by atoms with Crippen LogP contribution in [0.2, 0.25) is 0 Å². The maximum Gasteiger partial charge on any atom is 0.265 e. The molecule has 1 amide bonds. The van der Waals surface area contributed by atoms with Crippen molar-refractivity contribution in [3.05, 3.63) is 72.1 Å². The molecule has 8 heteroatoms. The summed E-state index contributed by atoms with van der Waals surface area (Å²) >= 11 is 0. The number of tetrazole rings is 1. The van der Waals surface area contributed by atoms with E-state index in [-0.39, 0.29) is 12.5 Å². The standard InChI is InChI=1S/C17H16N6O2/c1-23-17(19-21-22-23)16(13-8-4-2-5-9-13)20-25-12-15(24)18-14-10-6-3-7-11-14/h2-11H,12H2,1H3,(H,18,24)/b20-16-. The predicted octanol–water partition coefficient (Wildman–Crippen LogP) is 1.62. The van der Waals surface area contributed by atoms with Crippen molar-refractivity contribution in [3.8, 4) is 0 Å². The Morgan fingerprint density at radius 2 is 1.80 bits per heavy atom. The predicted molar refractivity (Wildman–Crippen MR) is 91.9 cm³/mol. The van der Waals surface area contributed by atoms with Crippen LogP contribution < -0.4 is 5.32 Å². The number of nitrogens with one attached hydrogen (secondary N) is 1. The lowest BCUT2D eigenvalue weighted by atomic mass is 10.1. The zero-order chi connectivity index (χ0) is 17.5. The third-order valence-corrected chi connectivity index (χ3v) is 3.29. The maximum absolute atomic E-state index is 11.9. The number of aromatic nitrogens is 4. The van der Waals surface area contributed by atoms with Gasteiger partial charge in [-0.2, -0.15) is 0 Å². The average Bonchev–Trinajstić information content (AvgIpc) is 3.06. The SMILES string of the molecule is Cn1nnnc1/C(=N\OCC(=O)Nc1ccccc1)c1ccccc1. The molecule has 0 atom stereocenters. The Bertz CT molecular complexity index is 861. The summed E-state index contributed by atoms with van der Waals surface area (Å²) in [6.45, 7) is -0.226. The van der Waals surface area contributed by atoms with Gasteiger partial charge in [0.1, 0.15) is 0 Å². The fraction of sp³-hybridized carbons (Fsp3) is 0.118. The molecule has 0 aliphatic rings. The molecule has 0 bridgehead atoms. The summed E-state index contributed by atoms with van der Waals surface area (Å²) in [5.41, 5.74) is 1.92. The molecule has 3 aromatic rings. The minimum Gasteiger partial charge on any atom is -0.385 e. The van der Waals surface area contributed by atoms with Crippen LogP contribution >= 0.6 is 0 Å². The number of para-hydroxylation sites is 1. The van der Waals surface area contributed by atoms with Crippen molar-refractivity contribution in [2.24, 2.45) is 12.2 Å². The smallest absolute Gasteiger partial charge is 0.265 e. The average molecular weight is 336 g/mol. The van der Waals surface area contributed by atoms with E-state index in [0.29, 0.717) is 17.2 Å². The molecule has 25 heavy (non-hydrogen) atoms. The summed E-state index contributed by atoms with van der Waals surface area (Å²) < 4.78 is 1.49. The zero-order valence-electron chi connectivity index (χ0n) is 13.5. The molecular formula is C17H16N6O2. The molecule has 2 aromatic carbocycles. The first-order chi connectivity index (χ1) is 12.2. The van der Waals surface area contributed by atoms with Crippen LogP contribution in [0.5, 0.6) is 0 Å². The summed E-state index contributed by atoms with van der Waals surface area (Å²) in [6, 6.07) is 18.5. The van der Waals surface area contributed by atoms with Crippen LogP contribution in [0.1, 0.15) is 11.4 Å². The van der Waals surface area contributed by atoms with Crippen molar-refractivity contribution in [1.82, 2.24) is 20.2 Å². The van der Waals surface area contributed by atoms with E-state index in [9.17, 15) is 4.79 Å². The van der Waals surface area contributed by atoms with E-state index < -0.39 is 0 Å². The Hall–Kier alpha value is -3.55. The highest BCUT2D eigenvalue weighted by molar-refractivity contribution is 6.10. The Labute approximate surface area is 144 Å². The van der Waals surface area contributed by atoms with E-state index in [1.807, 2.05) is 48.5 Å². The van der Waals surface area contributed by atoms with Crippen molar-refractivity contribution in [1.29, 1.82) is 0 Å². The second kappa shape index (κ2) is 7.82. The monoisotopic (exact) mass is 336 g/mol.